The lowest BCUT2D eigenvalue weighted by atomic mass is 9.87. The average Bonchev–Trinajstić information content (AvgIpc) is 3.19. The second-order valence-electron chi connectivity index (χ2n) is 7.30. The van der Waals surface area contributed by atoms with E-state index in [4.69, 9.17) is 21.4 Å². The van der Waals surface area contributed by atoms with Gasteiger partial charge in [-0.2, -0.15) is 0 Å². The molecule has 1 aliphatic rings. The first kappa shape index (κ1) is 23.9. The Morgan fingerprint density at radius 3 is 2.31 bits per heavy atom. The molecule has 32 heavy (non-hydrogen) atoms. The summed E-state index contributed by atoms with van der Waals surface area (Å²) in [6, 6.07) is 3.16. The molecular weight excluding hydrogens is 466 g/mol. The van der Waals surface area contributed by atoms with E-state index in [-0.39, 0.29) is 18.8 Å². The van der Waals surface area contributed by atoms with E-state index in [0.717, 1.165) is 12.1 Å². The Bertz CT molecular complexity index is 1010. The Hall–Kier alpha value is -2.72. The number of aliphatic carboxylic acids is 1. The Morgan fingerprint density at radius 1 is 1.06 bits per heavy atom. The zero-order valence-corrected chi connectivity index (χ0v) is 18.4. The van der Waals surface area contributed by atoms with Crippen molar-refractivity contribution in [2.24, 2.45) is 5.92 Å². The predicted molar refractivity (Wildman–Crippen MR) is 114 cm³/mol. The van der Waals surface area contributed by atoms with Gasteiger partial charge in [0.05, 0.1) is 22.6 Å². The number of hydrogen-bond acceptors (Lipinski definition) is 5. The summed E-state index contributed by atoms with van der Waals surface area (Å²) in [6.07, 6.45) is 1.23. The van der Waals surface area contributed by atoms with Crippen LogP contribution in [0.3, 0.4) is 0 Å². The highest BCUT2D eigenvalue weighted by Crippen LogP contribution is 2.30. The van der Waals surface area contributed by atoms with Crippen molar-refractivity contribution in [3.8, 4) is 5.75 Å². The summed E-state index contributed by atoms with van der Waals surface area (Å²) >= 11 is 7.05. The average molecular weight is 487 g/mol. The van der Waals surface area contributed by atoms with Gasteiger partial charge >= 0.3 is 5.97 Å². The number of carbonyl (C=O) groups excluding carboxylic acids is 2. The summed E-state index contributed by atoms with van der Waals surface area (Å²) in [7, 11) is 0. The number of rotatable bonds is 8. The van der Waals surface area contributed by atoms with Crippen LogP contribution in [0.2, 0.25) is 5.02 Å². The van der Waals surface area contributed by atoms with Crippen LogP contribution in [0.1, 0.15) is 45.7 Å². The summed E-state index contributed by atoms with van der Waals surface area (Å²) < 4.78 is 34.3. The van der Waals surface area contributed by atoms with Crippen LogP contribution in [0.25, 0.3) is 0 Å². The third kappa shape index (κ3) is 5.95. The lowest BCUT2D eigenvalue weighted by Crippen LogP contribution is -2.35. The minimum Gasteiger partial charge on any atom is -0.487 e. The van der Waals surface area contributed by atoms with Crippen molar-refractivity contribution in [3.63, 3.8) is 0 Å². The zero-order valence-electron chi connectivity index (χ0n) is 16.8. The van der Waals surface area contributed by atoms with Crippen LogP contribution in [-0.4, -0.2) is 42.1 Å². The first-order chi connectivity index (χ1) is 15.3. The van der Waals surface area contributed by atoms with Gasteiger partial charge in [-0.15, -0.1) is 11.3 Å². The molecule has 0 aliphatic heterocycles. The van der Waals surface area contributed by atoms with E-state index in [9.17, 15) is 23.2 Å². The van der Waals surface area contributed by atoms with Crippen LogP contribution < -0.4 is 15.4 Å². The van der Waals surface area contributed by atoms with Gasteiger partial charge in [-0.05, 0) is 43.2 Å². The zero-order chi connectivity index (χ0) is 23.3. The van der Waals surface area contributed by atoms with Crippen molar-refractivity contribution in [1.82, 2.24) is 10.6 Å². The van der Waals surface area contributed by atoms with Crippen LogP contribution in [0.4, 0.5) is 8.78 Å². The maximum atomic E-state index is 14.4. The standard InChI is InChI=1S/C21H21ClF2N2O5S/c22-14-5-8-32-18(14)20(28)26-7-6-25-19(27)13-9-16(24)17(10-15(13)23)31-12-3-1-11(2-4-12)21(29)30/h5,8-12H,1-4,6-7H2,(H,25,27)(H,26,28)(H,29,30)/t11-,12+. The van der Waals surface area contributed by atoms with Gasteiger partial charge in [-0.3, -0.25) is 14.4 Å². The number of carboxylic acids is 1. The Kier molecular flexibility index (Phi) is 8.03. The highest BCUT2D eigenvalue weighted by molar-refractivity contribution is 7.12. The van der Waals surface area contributed by atoms with E-state index in [1.54, 1.807) is 11.4 Å². The second-order valence-corrected chi connectivity index (χ2v) is 8.62. The normalized spacial score (nSPS) is 18.1. The van der Waals surface area contributed by atoms with Gasteiger partial charge in [0.15, 0.2) is 11.6 Å². The molecule has 1 heterocycles. The van der Waals surface area contributed by atoms with Crippen molar-refractivity contribution >= 4 is 40.7 Å². The van der Waals surface area contributed by atoms with Gasteiger partial charge < -0.3 is 20.5 Å². The quantitative estimate of drug-likeness (QED) is 0.491. The SMILES string of the molecule is O=C(NCCNC(=O)c1sccc1Cl)c1cc(F)c(O[C@H]2CC[C@@H](C(=O)O)CC2)cc1F. The maximum Gasteiger partial charge on any atom is 0.306 e. The summed E-state index contributed by atoms with van der Waals surface area (Å²) in [5, 5.41) is 16.0. The van der Waals surface area contributed by atoms with Crippen LogP contribution in [0.15, 0.2) is 23.6 Å². The number of carbonyl (C=O) groups is 3. The third-order valence-corrected chi connectivity index (χ3v) is 6.44. The van der Waals surface area contributed by atoms with Crippen molar-refractivity contribution < 1.29 is 33.0 Å². The molecule has 7 nitrogen and oxygen atoms in total. The molecular formula is C21H21ClF2N2O5S. The molecule has 1 aliphatic carbocycles. The molecule has 0 spiro atoms. The Morgan fingerprint density at radius 2 is 1.72 bits per heavy atom. The van der Waals surface area contributed by atoms with Gasteiger partial charge in [0.1, 0.15) is 10.7 Å². The highest BCUT2D eigenvalue weighted by Gasteiger charge is 2.28. The molecule has 2 aromatic rings. The molecule has 3 rings (SSSR count). The van der Waals surface area contributed by atoms with E-state index in [2.05, 4.69) is 10.6 Å². The summed E-state index contributed by atoms with van der Waals surface area (Å²) in [4.78, 5) is 35.5. The molecule has 1 saturated carbocycles. The molecule has 3 N–H and O–H groups in total. The first-order valence-corrected chi connectivity index (χ1v) is 11.2. The van der Waals surface area contributed by atoms with Gasteiger partial charge in [-0.1, -0.05) is 11.6 Å². The van der Waals surface area contributed by atoms with E-state index in [0.29, 0.717) is 35.6 Å². The van der Waals surface area contributed by atoms with Crippen LogP contribution in [0, 0.1) is 17.6 Å². The summed E-state index contributed by atoms with van der Waals surface area (Å²) in [6.45, 7) is 0.0722. The molecule has 0 saturated heterocycles. The molecule has 172 valence electrons. The van der Waals surface area contributed by atoms with Crippen molar-refractivity contribution in [2.45, 2.75) is 31.8 Å². The topological polar surface area (TPSA) is 105 Å². The summed E-state index contributed by atoms with van der Waals surface area (Å²) in [5.41, 5.74) is -0.489. The van der Waals surface area contributed by atoms with Crippen LogP contribution in [0.5, 0.6) is 5.75 Å². The number of amides is 2. The fourth-order valence-electron chi connectivity index (χ4n) is 3.38. The smallest absolute Gasteiger partial charge is 0.306 e. The summed E-state index contributed by atoms with van der Waals surface area (Å²) in [5.74, 6) is -4.71. The fraction of sp³-hybridized carbons (Fsp3) is 0.381. The molecule has 0 radical (unpaired) electrons. The molecule has 0 atom stereocenters. The minimum absolute atomic E-state index is 0.000301. The van der Waals surface area contributed by atoms with Crippen molar-refractivity contribution in [3.05, 3.63) is 50.7 Å². The molecule has 2 amide bonds. The minimum atomic E-state index is -0.951. The fourth-order valence-corrected chi connectivity index (χ4v) is 4.44. The second kappa shape index (κ2) is 10.7. The van der Waals surface area contributed by atoms with Crippen molar-refractivity contribution in [2.75, 3.05) is 13.1 Å². The lowest BCUT2D eigenvalue weighted by molar-refractivity contribution is -0.143. The molecule has 1 fully saturated rings. The molecule has 11 heteroatoms. The maximum absolute atomic E-state index is 14.4. The van der Waals surface area contributed by atoms with Crippen molar-refractivity contribution in [1.29, 1.82) is 0 Å². The highest BCUT2D eigenvalue weighted by atomic mass is 35.5. The van der Waals surface area contributed by atoms with Crippen LogP contribution >= 0.6 is 22.9 Å². The predicted octanol–water partition coefficient (Wildman–Crippen LogP) is 3.86. The number of thiophene rings is 1. The van der Waals surface area contributed by atoms with Gasteiger partial charge in [0.2, 0.25) is 0 Å². The lowest BCUT2D eigenvalue weighted by Gasteiger charge is -2.27. The monoisotopic (exact) mass is 486 g/mol. The Balaban J connectivity index is 1.50. The van der Waals surface area contributed by atoms with E-state index < -0.39 is 47.0 Å². The van der Waals surface area contributed by atoms with Gasteiger partial charge in [0, 0.05) is 19.2 Å². The van der Waals surface area contributed by atoms with E-state index in [1.807, 2.05) is 0 Å². The number of ether oxygens (including phenoxy) is 1. The molecule has 0 bridgehead atoms. The number of benzene rings is 1. The number of nitrogens with one attached hydrogen (secondary N) is 2. The largest absolute Gasteiger partial charge is 0.487 e. The Labute approximate surface area is 191 Å². The number of hydrogen-bond donors (Lipinski definition) is 3. The van der Waals surface area contributed by atoms with Gasteiger partial charge in [-0.25, -0.2) is 8.78 Å². The molecule has 1 aromatic carbocycles. The molecule has 1 aromatic heterocycles. The molecule has 0 unspecified atom stereocenters. The van der Waals surface area contributed by atoms with Crippen LogP contribution in [-0.2, 0) is 4.79 Å². The van der Waals surface area contributed by atoms with Gasteiger partial charge in [0.25, 0.3) is 11.8 Å². The third-order valence-electron chi connectivity index (χ3n) is 5.10. The number of carboxylic acid groups (broad SMARTS) is 1. The first-order valence-electron chi connectivity index (χ1n) is 9.94. The number of halogens is 3. The van der Waals surface area contributed by atoms with E-state index in [1.165, 1.54) is 11.3 Å². The van der Waals surface area contributed by atoms with E-state index >= 15 is 0 Å².